The number of benzene rings is 2. The molecule has 0 aliphatic heterocycles. The summed E-state index contributed by atoms with van der Waals surface area (Å²) < 4.78 is 26.9. The second-order valence-corrected chi connectivity index (χ2v) is 5.18. The van der Waals surface area contributed by atoms with Gasteiger partial charge in [-0.25, -0.2) is 8.78 Å². The summed E-state index contributed by atoms with van der Waals surface area (Å²) in [5.41, 5.74) is 4.56. The van der Waals surface area contributed by atoms with Gasteiger partial charge in [-0.3, -0.25) is 20.4 Å². The van der Waals surface area contributed by atoms with Gasteiger partial charge in [0.1, 0.15) is 11.6 Å². The first-order chi connectivity index (χ1) is 12.0. The highest BCUT2D eigenvalue weighted by Crippen LogP contribution is 2.11. The lowest BCUT2D eigenvalue weighted by Gasteiger charge is -2.12. The SMILES string of the molecule is O=C(CNC(=O)c1ccccc1F)NNC(=S)Nc1ccccc1F. The van der Waals surface area contributed by atoms with Crippen LogP contribution in [0.2, 0.25) is 0 Å². The molecule has 2 rings (SSSR count). The van der Waals surface area contributed by atoms with Gasteiger partial charge in [0.05, 0.1) is 17.8 Å². The molecule has 0 aliphatic carbocycles. The zero-order chi connectivity index (χ0) is 18.2. The molecule has 9 heteroatoms. The summed E-state index contributed by atoms with van der Waals surface area (Å²) in [6, 6.07) is 11.3. The maximum absolute atomic E-state index is 13.4. The molecule has 0 aromatic heterocycles. The normalized spacial score (nSPS) is 9.84. The van der Waals surface area contributed by atoms with E-state index in [1.54, 1.807) is 6.07 Å². The molecule has 0 unspecified atom stereocenters. The fourth-order valence-corrected chi connectivity index (χ4v) is 1.95. The first-order valence-electron chi connectivity index (χ1n) is 7.10. The van der Waals surface area contributed by atoms with E-state index in [4.69, 9.17) is 12.2 Å². The third-order valence-electron chi connectivity index (χ3n) is 2.97. The second kappa shape index (κ2) is 8.69. The molecule has 0 radical (unpaired) electrons. The molecule has 0 saturated carbocycles. The molecule has 2 aromatic carbocycles. The zero-order valence-electron chi connectivity index (χ0n) is 12.8. The quantitative estimate of drug-likeness (QED) is 0.491. The maximum Gasteiger partial charge on any atom is 0.257 e. The van der Waals surface area contributed by atoms with Crippen LogP contribution in [0, 0.1) is 11.6 Å². The number of carbonyl (C=O) groups excluding carboxylic acids is 2. The third-order valence-corrected chi connectivity index (χ3v) is 3.17. The molecule has 0 aliphatic rings. The molecule has 0 saturated heterocycles. The van der Waals surface area contributed by atoms with Gasteiger partial charge in [0.2, 0.25) is 0 Å². The van der Waals surface area contributed by atoms with Crippen molar-refractivity contribution in [2.24, 2.45) is 0 Å². The number of nitrogens with one attached hydrogen (secondary N) is 4. The summed E-state index contributed by atoms with van der Waals surface area (Å²) in [5.74, 6) is -2.54. The number of para-hydroxylation sites is 1. The van der Waals surface area contributed by atoms with Crippen molar-refractivity contribution in [3.05, 3.63) is 65.7 Å². The van der Waals surface area contributed by atoms with Crippen LogP contribution in [0.1, 0.15) is 10.4 Å². The van der Waals surface area contributed by atoms with Gasteiger partial charge in [-0.15, -0.1) is 0 Å². The van der Waals surface area contributed by atoms with Crippen molar-refractivity contribution in [3.63, 3.8) is 0 Å². The first-order valence-corrected chi connectivity index (χ1v) is 7.51. The Kier molecular flexibility index (Phi) is 6.35. The lowest BCUT2D eigenvalue weighted by atomic mass is 10.2. The van der Waals surface area contributed by atoms with Crippen molar-refractivity contribution in [3.8, 4) is 0 Å². The number of amides is 2. The fourth-order valence-electron chi connectivity index (χ4n) is 1.79. The smallest absolute Gasteiger partial charge is 0.257 e. The Morgan fingerprint density at radius 2 is 1.56 bits per heavy atom. The van der Waals surface area contributed by atoms with E-state index in [0.717, 1.165) is 6.07 Å². The maximum atomic E-state index is 13.4. The summed E-state index contributed by atoms with van der Waals surface area (Å²) in [4.78, 5) is 23.4. The molecule has 25 heavy (non-hydrogen) atoms. The number of thiocarbonyl (C=S) groups is 1. The highest BCUT2D eigenvalue weighted by Gasteiger charge is 2.12. The van der Waals surface area contributed by atoms with E-state index < -0.39 is 30.0 Å². The molecule has 0 fully saturated rings. The molecule has 2 aromatic rings. The Morgan fingerprint density at radius 1 is 0.920 bits per heavy atom. The van der Waals surface area contributed by atoms with Crippen LogP contribution in [0.25, 0.3) is 0 Å². The number of hydrogen-bond donors (Lipinski definition) is 4. The average Bonchev–Trinajstić information content (AvgIpc) is 2.60. The summed E-state index contributed by atoms with van der Waals surface area (Å²) >= 11 is 4.90. The van der Waals surface area contributed by atoms with Crippen molar-refractivity contribution in [2.75, 3.05) is 11.9 Å². The van der Waals surface area contributed by atoms with Crippen LogP contribution in [0.4, 0.5) is 14.5 Å². The Bertz CT molecular complexity index is 801. The Labute approximate surface area is 147 Å². The topological polar surface area (TPSA) is 82.3 Å². The Balaban J connectivity index is 1.75. The molecule has 0 atom stereocenters. The number of halogens is 2. The van der Waals surface area contributed by atoms with Crippen molar-refractivity contribution in [1.82, 2.24) is 16.2 Å². The third kappa shape index (κ3) is 5.50. The van der Waals surface area contributed by atoms with Gasteiger partial charge in [0.25, 0.3) is 11.8 Å². The molecular weight excluding hydrogens is 350 g/mol. The standard InChI is InChI=1S/C16H14F2N4O2S/c17-11-6-2-1-5-10(11)15(24)19-9-14(23)21-22-16(25)20-13-8-4-3-7-12(13)18/h1-8H,9H2,(H,19,24)(H,21,23)(H2,20,22,25). The van der Waals surface area contributed by atoms with Crippen LogP contribution in [0.3, 0.4) is 0 Å². The summed E-state index contributed by atoms with van der Waals surface area (Å²) in [6.07, 6.45) is 0. The average molecular weight is 364 g/mol. The molecule has 6 nitrogen and oxygen atoms in total. The minimum absolute atomic E-state index is 0.0427. The van der Waals surface area contributed by atoms with E-state index in [1.165, 1.54) is 36.4 Å². The molecule has 2 amide bonds. The lowest BCUT2D eigenvalue weighted by Crippen LogP contribution is -2.47. The summed E-state index contributed by atoms with van der Waals surface area (Å²) in [5, 5.41) is 4.78. The van der Waals surface area contributed by atoms with Crippen LogP contribution in [-0.4, -0.2) is 23.5 Å². The largest absolute Gasteiger partial charge is 0.343 e. The number of hydrazine groups is 1. The van der Waals surface area contributed by atoms with Gasteiger partial charge in [-0.05, 0) is 36.5 Å². The van der Waals surface area contributed by atoms with E-state index in [1.807, 2.05) is 0 Å². The highest BCUT2D eigenvalue weighted by molar-refractivity contribution is 7.80. The first kappa shape index (κ1) is 18.3. The number of anilines is 1. The van der Waals surface area contributed by atoms with E-state index >= 15 is 0 Å². The predicted molar refractivity (Wildman–Crippen MR) is 92.6 cm³/mol. The van der Waals surface area contributed by atoms with Crippen molar-refractivity contribution in [1.29, 1.82) is 0 Å². The fraction of sp³-hybridized carbons (Fsp3) is 0.0625. The number of rotatable bonds is 4. The van der Waals surface area contributed by atoms with E-state index in [0.29, 0.717) is 0 Å². The van der Waals surface area contributed by atoms with E-state index in [2.05, 4.69) is 21.5 Å². The molecule has 4 N–H and O–H groups in total. The van der Waals surface area contributed by atoms with Crippen LogP contribution in [0.15, 0.2) is 48.5 Å². The van der Waals surface area contributed by atoms with Crippen molar-refractivity contribution in [2.45, 2.75) is 0 Å². The van der Waals surface area contributed by atoms with Crippen molar-refractivity contribution < 1.29 is 18.4 Å². The van der Waals surface area contributed by atoms with Gasteiger partial charge in [-0.2, -0.15) is 0 Å². The Hall–Kier alpha value is -3.07. The minimum atomic E-state index is -0.722. The molecule has 0 heterocycles. The number of carbonyl (C=O) groups is 2. The van der Waals surface area contributed by atoms with Gasteiger partial charge >= 0.3 is 0 Å². The van der Waals surface area contributed by atoms with Crippen LogP contribution < -0.4 is 21.5 Å². The van der Waals surface area contributed by atoms with E-state index in [9.17, 15) is 18.4 Å². The summed E-state index contributed by atoms with van der Waals surface area (Å²) in [7, 11) is 0. The molecule has 130 valence electrons. The number of hydrogen-bond acceptors (Lipinski definition) is 3. The van der Waals surface area contributed by atoms with Crippen LogP contribution >= 0.6 is 12.2 Å². The molecule has 0 spiro atoms. The van der Waals surface area contributed by atoms with Gasteiger partial charge < -0.3 is 10.6 Å². The zero-order valence-corrected chi connectivity index (χ0v) is 13.6. The van der Waals surface area contributed by atoms with Gasteiger partial charge in [-0.1, -0.05) is 24.3 Å². The molecule has 0 bridgehead atoms. The van der Waals surface area contributed by atoms with E-state index in [-0.39, 0.29) is 16.4 Å². The molecular formula is C16H14F2N4O2S. The minimum Gasteiger partial charge on any atom is -0.343 e. The summed E-state index contributed by atoms with van der Waals surface area (Å²) in [6.45, 7) is -0.400. The van der Waals surface area contributed by atoms with Crippen LogP contribution in [-0.2, 0) is 4.79 Å². The van der Waals surface area contributed by atoms with Crippen molar-refractivity contribution >= 4 is 34.8 Å². The highest BCUT2D eigenvalue weighted by atomic mass is 32.1. The lowest BCUT2D eigenvalue weighted by molar-refractivity contribution is -0.120. The monoisotopic (exact) mass is 364 g/mol. The van der Waals surface area contributed by atoms with Gasteiger partial charge in [0, 0.05) is 0 Å². The van der Waals surface area contributed by atoms with Gasteiger partial charge in [0.15, 0.2) is 5.11 Å². The second-order valence-electron chi connectivity index (χ2n) is 4.77. The predicted octanol–water partition coefficient (Wildman–Crippen LogP) is 1.71. The Morgan fingerprint density at radius 3 is 2.24 bits per heavy atom. The van der Waals surface area contributed by atoms with Crippen LogP contribution in [0.5, 0.6) is 0 Å².